The Morgan fingerprint density at radius 3 is 2.58 bits per heavy atom. The van der Waals surface area contributed by atoms with Gasteiger partial charge in [-0.2, -0.15) is 5.10 Å². The fourth-order valence-electron chi connectivity index (χ4n) is 3.54. The van der Waals surface area contributed by atoms with Crippen LogP contribution >= 0.6 is 0 Å². The van der Waals surface area contributed by atoms with Crippen molar-refractivity contribution in [2.75, 3.05) is 37.0 Å². The van der Waals surface area contributed by atoms with Gasteiger partial charge in [-0.1, -0.05) is 0 Å². The van der Waals surface area contributed by atoms with Crippen molar-refractivity contribution in [3.8, 4) is 0 Å². The fraction of sp³-hybridized carbons (Fsp3) is 0.579. The van der Waals surface area contributed by atoms with Crippen LogP contribution in [-0.4, -0.2) is 46.9 Å². The summed E-state index contributed by atoms with van der Waals surface area (Å²) in [7, 11) is 3.97. The van der Waals surface area contributed by atoms with E-state index in [4.69, 9.17) is 0 Å². The quantitative estimate of drug-likeness (QED) is 0.817. The largest absolute Gasteiger partial charge is 0.363 e. The SMILES string of the molecule is CN(C)c1cc(N2CCC(Cn3nc(C4CC4)ccc3=O)CC2)ncn1. The maximum atomic E-state index is 12.1. The molecule has 7 heteroatoms. The molecule has 1 aliphatic heterocycles. The van der Waals surface area contributed by atoms with Crippen molar-refractivity contribution < 1.29 is 0 Å². The predicted molar refractivity (Wildman–Crippen MR) is 102 cm³/mol. The monoisotopic (exact) mass is 354 g/mol. The average molecular weight is 354 g/mol. The van der Waals surface area contributed by atoms with E-state index in [0.29, 0.717) is 11.8 Å². The number of piperidine rings is 1. The zero-order chi connectivity index (χ0) is 18.1. The van der Waals surface area contributed by atoms with Gasteiger partial charge in [0.1, 0.15) is 18.0 Å². The normalized spacial score (nSPS) is 18.2. The Balaban J connectivity index is 1.39. The summed E-state index contributed by atoms with van der Waals surface area (Å²) in [4.78, 5) is 25.2. The van der Waals surface area contributed by atoms with Crippen LogP contribution in [0, 0.1) is 5.92 Å². The molecule has 2 aromatic heterocycles. The Labute approximate surface area is 153 Å². The third-order valence-electron chi connectivity index (χ3n) is 5.35. The average Bonchev–Trinajstić information content (AvgIpc) is 3.49. The molecular weight excluding hydrogens is 328 g/mol. The molecule has 1 saturated carbocycles. The molecule has 4 rings (SSSR count). The molecule has 1 saturated heterocycles. The molecule has 0 unspecified atom stereocenters. The zero-order valence-electron chi connectivity index (χ0n) is 15.5. The van der Waals surface area contributed by atoms with Crippen molar-refractivity contribution >= 4 is 11.6 Å². The van der Waals surface area contributed by atoms with Crippen molar-refractivity contribution in [2.24, 2.45) is 5.92 Å². The van der Waals surface area contributed by atoms with Crippen LogP contribution in [-0.2, 0) is 6.54 Å². The second kappa shape index (κ2) is 7.05. The Morgan fingerprint density at radius 2 is 1.88 bits per heavy atom. The number of hydrogen-bond donors (Lipinski definition) is 0. The van der Waals surface area contributed by atoms with Crippen molar-refractivity contribution in [2.45, 2.75) is 38.1 Å². The van der Waals surface area contributed by atoms with Crippen LogP contribution in [0.15, 0.2) is 29.3 Å². The van der Waals surface area contributed by atoms with Gasteiger partial charge in [-0.3, -0.25) is 4.79 Å². The minimum absolute atomic E-state index is 0.0169. The van der Waals surface area contributed by atoms with Gasteiger partial charge in [0.15, 0.2) is 0 Å². The summed E-state index contributed by atoms with van der Waals surface area (Å²) in [6.45, 7) is 2.62. The van der Waals surface area contributed by atoms with E-state index in [-0.39, 0.29) is 5.56 Å². The first-order valence-corrected chi connectivity index (χ1v) is 9.42. The van der Waals surface area contributed by atoms with Gasteiger partial charge in [-0.15, -0.1) is 0 Å². The van der Waals surface area contributed by atoms with Gasteiger partial charge in [0.25, 0.3) is 5.56 Å². The van der Waals surface area contributed by atoms with Crippen LogP contribution in [0.3, 0.4) is 0 Å². The smallest absolute Gasteiger partial charge is 0.266 e. The highest BCUT2D eigenvalue weighted by Gasteiger charge is 2.26. The molecule has 0 spiro atoms. The van der Waals surface area contributed by atoms with Gasteiger partial charge in [-0.05, 0) is 37.7 Å². The van der Waals surface area contributed by atoms with E-state index in [1.54, 1.807) is 17.1 Å². The molecule has 138 valence electrons. The molecule has 0 amide bonds. The summed E-state index contributed by atoms with van der Waals surface area (Å²) in [5, 5.41) is 4.60. The number of rotatable bonds is 5. The highest BCUT2D eigenvalue weighted by atomic mass is 16.1. The van der Waals surface area contributed by atoms with Gasteiger partial charge >= 0.3 is 0 Å². The number of nitrogens with zero attached hydrogens (tertiary/aromatic N) is 6. The summed E-state index contributed by atoms with van der Waals surface area (Å²) in [5.74, 6) is 2.96. The van der Waals surface area contributed by atoms with E-state index >= 15 is 0 Å². The van der Waals surface area contributed by atoms with Crippen molar-refractivity contribution in [3.63, 3.8) is 0 Å². The third kappa shape index (κ3) is 3.71. The zero-order valence-corrected chi connectivity index (χ0v) is 15.5. The molecule has 0 N–H and O–H groups in total. The van der Waals surface area contributed by atoms with Gasteiger partial charge in [0.05, 0.1) is 5.69 Å². The molecule has 26 heavy (non-hydrogen) atoms. The molecule has 1 aliphatic carbocycles. The van der Waals surface area contributed by atoms with Gasteiger partial charge in [-0.25, -0.2) is 14.6 Å². The number of hydrogen-bond acceptors (Lipinski definition) is 6. The molecule has 2 aliphatic rings. The molecule has 0 radical (unpaired) electrons. The van der Waals surface area contributed by atoms with Crippen LogP contribution in [0.1, 0.15) is 37.3 Å². The van der Waals surface area contributed by atoms with E-state index < -0.39 is 0 Å². The van der Waals surface area contributed by atoms with E-state index in [1.165, 1.54) is 12.8 Å². The number of aromatic nitrogens is 4. The van der Waals surface area contributed by atoms with Crippen LogP contribution in [0.2, 0.25) is 0 Å². The lowest BCUT2D eigenvalue weighted by molar-refractivity contribution is 0.333. The van der Waals surface area contributed by atoms with Crippen molar-refractivity contribution in [3.05, 3.63) is 40.6 Å². The minimum atomic E-state index is 0.0169. The van der Waals surface area contributed by atoms with Gasteiger partial charge in [0, 0.05) is 51.8 Å². The molecule has 0 atom stereocenters. The highest BCUT2D eigenvalue weighted by Crippen LogP contribution is 2.38. The van der Waals surface area contributed by atoms with Crippen LogP contribution < -0.4 is 15.4 Å². The summed E-state index contributed by atoms with van der Waals surface area (Å²) in [6.07, 6.45) is 6.13. The Hall–Kier alpha value is -2.44. The van der Waals surface area contributed by atoms with Crippen molar-refractivity contribution in [1.82, 2.24) is 19.7 Å². The molecule has 2 aromatic rings. The fourth-order valence-corrected chi connectivity index (χ4v) is 3.54. The third-order valence-corrected chi connectivity index (χ3v) is 5.35. The highest BCUT2D eigenvalue weighted by molar-refractivity contribution is 5.49. The lowest BCUT2D eigenvalue weighted by Gasteiger charge is -2.33. The minimum Gasteiger partial charge on any atom is -0.363 e. The Morgan fingerprint density at radius 1 is 1.12 bits per heavy atom. The summed E-state index contributed by atoms with van der Waals surface area (Å²) in [5.41, 5.74) is 1.10. The first-order chi connectivity index (χ1) is 12.6. The maximum absolute atomic E-state index is 12.1. The van der Waals surface area contributed by atoms with E-state index in [0.717, 1.165) is 49.8 Å². The van der Waals surface area contributed by atoms with Crippen LogP contribution in [0.5, 0.6) is 0 Å². The summed E-state index contributed by atoms with van der Waals surface area (Å²) < 4.78 is 1.68. The molecule has 0 bridgehead atoms. The lowest BCUT2D eigenvalue weighted by Crippen LogP contribution is -2.37. The van der Waals surface area contributed by atoms with Crippen molar-refractivity contribution in [1.29, 1.82) is 0 Å². The van der Waals surface area contributed by atoms with E-state index in [9.17, 15) is 4.79 Å². The molecular formula is C19H26N6O. The molecule has 2 fully saturated rings. The first kappa shape index (κ1) is 17.0. The van der Waals surface area contributed by atoms with Crippen LogP contribution in [0.4, 0.5) is 11.6 Å². The topological polar surface area (TPSA) is 67.2 Å². The molecule has 0 aromatic carbocycles. The van der Waals surface area contributed by atoms with Gasteiger partial charge in [0.2, 0.25) is 0 Å². The first-order valence-electron chi connectivity index (χ1n) is 9.42. The molecule has 3 heterocycles. The predicted octanol–water partition coefficient (Wildman–Crippen LogP) is 1.89. The summed E-state index contributed by atoms with van der Waals surface area (Å²) >= 11 is 0. The lowest BCUT2D eigenvalue weighted by atomic mass is 9.97. The molecule has 7 nitrogen and oxygen atoms in total. The second-order valence-corrected chi connectivity index (χ2v) is 7.61. The Kier molecular flexibility index (Phi) is 4.61. The summed E-state index contributed by atoms with van der Waals surface area (Å²) in [6, 6.07) is 5.61. The number of anilines is 2. The van der Waals surface area contributed by atoms with E-state index in [1.807, 2.05) is 31.1 Å². The van der Waals surface area contributed by atoms with E-state index in [2.05, 4.69) is 20.0 Å². The maximum Gasteiger partial charge on any atom is 0.266 e. The van der Waals surface area contributed by atoms with Crippen LogP contribution in [0.25, 0.3) is 0 Å². The second-order valence-electron chi connectivity index (χ2n) is 7.61. The standard InChI is InChI=1S/C19H26N6O/c1-23(2)17-11-18(21-13-20-17)24-9-7-14(8-10-24)12-25-19(26)6-5-16(22-25)15-3-4-15/h5-6,11,13-15H,3-4,7-10,12H2,1-2H3. The Bertz CT molecular complexity index is 821. The van der Waals surface area contributed by atoms with Gasteiger partial charge < -0.3 is 9.80 Å².